The first-order valence-electron chi connectivity index (χ1n) is 9.60. The van der Waals surface area contributed by atoms with E-state index in [2.05, 4.69) is 40.3 Å². The van der Waals surface area contributed by atoms with Crippen molar-refractivity contribution in [3.05, 3.63) is 34.3 Å². The van der Waals surface area contributed by atoms with Gasteiger partial charge in [-0.25, -0.2) is 0 Å². The van der Waals surface area contributed by atoms with Gasteiger partial charge in [-0.05, 0) is 69.8 Å². The number of aryl methyl sites for hydroxylation is 1. The number of fused-ring (bicyclic) bond motifs is 3. The summed E-state index contributed by atoms with van der Waals surface area (Å²) < 4.78 is 6.08. The Kier molecular flexibility index (Phi) is 5.14. The van der Waals surface area contributed by atoms with Crippen LogP contribution in [0.2, 0.25) is 0 Å². The lowest BCUT2D eigenvalue weighted by molar-refractivity contribution is -0.125. The second-order valence-electron chi connectivity index (χ2n) is 7.64. The van der Waals surface area contributed by atoms with Crippen molar-refractivity contribution in [2.24, 2.45) is 11.8 Å². The van der Waals surface area contributed by atoms with Gasteiger partial charge in [-0.15, -0.1) is 10.2 Å². The highest BCUT2D eigenvalue weighted by atomic mass is 32.1. The summed E-state index contributed by atoms with van der Waals surface area (Å²) in [6.45, 7) is 9.21. The molecule has 2 bridgehead atoms. The number of anilines is 1. The molecule has 1 amide bonds. The number of carbonyl (C=O) groups is 1. The molecule has 3 saturated heterocycles. The SMILES string of the molecule is Cc1cccc(O[C@@H](C)c2nnc(NC(=O)[C@@H]3CN4CCC3CC4)s2)c1C. The zero-order chi connectivity index (χ0) is 19.0. The third-order valence-corrected chi connectivity index (χ3v) is 6.87. The Bertz CT molecular complexity index is 829. The lowest BCUT2D eigenvalue weighted by atomic mass is 9.78. The summed E-state index contributed by atoms with van der Waals surface area (Å²) in [7, 11) is 0. The highest BCUT2D eigenvalue weighted by Crippen LogP contribution is 2.34. The Labute approximate surface area is 163 Å². The van der Waals surface area contributed by atoms with Gasteiger partial charge in [-0.3, -0.25) is 4.79 Å². The molecule has 1 aromatic heterocycles. The average molecular weight is 387 g/mol. The summed E-state index contributed by atoms with van der Waals surface area (Å²) in [5, 5.41) is 12.7. The van der Waals surface area contributed by atoms with E-state index in [1.54, 1.807) is 0 Å². The molecule has 27 heavy (non-hydrogen) atoms. The largest absolute Gasteiger partial charge is 0.483 e. The highest BCUT2D eigenvalue weighted by molar-refractivity contribution is 7.15. The Hall–Kier alpha value is -1.99. The Balaban J connectivity index is 1.39. The molecule has 5 rings (SSSR count). The van der Waals surface area contributed by atoms with Crippen molar-refractivity contribution in [1.82, 2.24) is 15.1 Å². The third-order valence-electron chi connectivity index (χ3n) is 5.87. The number of piperidine rings is 3. The molecule has 3 aliphatic heterocycles. The second kappa shape index (κ2) is 7.56. The highest BCUT2D eigenvalue weighted by Gasteiger charge is 2.38. The molecule has 144 valence electrons. The minimum atomic E-state index is -0.217. The van der Waals surface area contributed by atoms with Crippen LogP contribution in [0.1, 0.15) is 42.0 Å². The molecule has 0 saturated carbocycles. The monoisotopic (exact) mass is 386 g/mol. The number of hydrogen-bond acceptors (Lipinski definition) is 6. The molecule has 3 aliphatic rings. The van der Waals surface area contributed by atoms with Gasteiger partial charge in [0.1, 0.15) is 11.9 Å². The van der Waals surface area contributed by atoms with Crippen molar-refractivity contribution < 1.29 is 9.53 Å². The number of carbonyl (C=O) groups excluding carboxylic acids is 1. The van der Waals surface area contributed by atoms with Gasteiger partial charge in [0.15, 0.2) is 5.01 Å². The summed E-state index contributed by atoms with van der Waals surface area (Å²) >= 11 is 1.39. The van der Waals surface area contributed by atoms with E-state index in [-0.39, 0.29) is 17.9 Å². The van der Waals surface area contributed by atoms with Gasteiger partial charge in [0.2, 0.25) is 11.0 Å². The molecular formula is C20H26N4O2S. The van der Waals surface area contributed by atoms with E-state index in [1.807, 2.05) is 19.1 Å². The normalized spacial score (nSPS) is 25.2. The van der Waals surface area contributed by atoms with Gasteiger partial charge >= 0.3 is 0 Å². The van der Waals surface area contributed by atoms with Gasteiger partial charge in [-0.1, -0.05) is 23.5 Å². The molecule has 2 atom stereocenters. The molecular weight excluding hydrogens is 360 g/mol. The topological polar surface area (TPSA) is 67.4 Å². The minimum absolute atomic E-state index is 0.0727. The summed E-state index contributed by atoms with van der Waals surface area (Å²) in [6, 6.07) is 6.03. The number of ether oxygens (including phenoxy) is 1. The van der Waals surface area contributed by atoms with Crippen LogP contribution in [0.5, 0.6) is 5.75 Å². The van der Waals surface area contributed by atoms with Gasteiger partial charge in [0, 0.05) is 6.54 Å². The fourth-order valence-electron chi connectivity index (χ4n) is 4.00. The third kappa shape index (κ3) is 3.84. The van der Waals surface area contributed by atoms with E-state index in [4.69, 9.17) is 4.74 Å². The van der Waals surface area contributed by atoms with Crippen LogP contribution in [0.4, 0.5) is 5.13 Å². The number of hydrogen-bond donors (Lipinski definition) is 1. The Morgan fingerprint density at radius 2 is 2.07 bits per heavy atom. The number of nitrogens with zero attached hydrogens (tertiary/aromatic N) is 3. The molecule has 0 spiro atoms. The van der Waals surface area contributed by atoms with E-state index < -0.39 is 0 Å². The quantitative estimate of drug-likeness (QED) is 0.851. The van der Waals surface area contributed by atoms with Gasteiger partial charge in [0.25, 0.3) is 0 Å². The molecule has 0 radical (unpaired) electrons. The van der Waals surface area contributed by atoms with Crippen molar-refractivity contribution in [3.63, 3.8) is 0 Å². The van der Waals surface area contributed by atoms with Gasteiger partial charge < -0.3 is 15.0 Å². The average Bonchev–Trinajstić information content (AvgIpc) is 3.15. The van der Waals surface area contributed by atoms with Crippen LogP contribution in [-0.4, -0.2) is 40.6 Å². The zero-order valence-corrected chi connectivity index (χ0v) is 16.9. The number of aromatic nitrogens is 2. The minimum Gasteiger partial charge on any atom is -0.483 e. The molecule has 6 nitrogen and oxygen atoms in total. The molecule has 4 heterocycles. The Morgan fingerprint density at radius 3 is 2.78 bits per heavy atom. The van der Waals surface area contributed by atoms with Crippen molar-refractivity contribution in [2.75, 3.05) is 25.0 Å². The smallest absolute Gasteiger partial charge is 0.230 e. The van der Waals surface area contributed by atoms with Gasteiger partial charge in [0.05, 0.1) is 5.92 Å². The first-order chi connectivity index (χ1) is 13.0. The molecule has 7 heteroatoms. The zero-order valence-electron chi connectivity index (χ0n) is 16.1. The van der Waals surface area contributed by atoms with Crippen LogP contribution < -0.4 is 10.1 Å². The summed E-state index contributed by atoms with van der Waals surface area (Å²) in [4.78, 5) is 15.1. The van der Waals surface area contributed by atoms with Crippen LogP contribution in [0.15, 0.2) is 18.2 Å². The second-order valence-corrected chi connectivity index (χ2v) is 8.65. The number of benzene rings is 1. The molecule has 1 aromatic carbocycles. The first kappa shape index (κ1) is 18.4. The van der Waals surface area contributed by atoms with Crippen molar-refractivity contribution in [3.8, 4) is 5.75 Å². The maximum absolute atomic E-state index is 12.7. The molecule has 1 N–H and O–H groups in total. The predicted molar refractivity (Wildman–Crippen MR) is 106 cm³/mol. The van der Waals surface area contributed by atoms with Crippen LogP contribution in [0.25, 0.3) is 0 Å². The van der Waals surface area contributed by atoms with Crippen molar-refractivity contribution in [2.45, 2.75) is 39.7 Å². The van der Waals surface area contributed by atoms with E-state index >= 15 is 0 Å². The lowest BCUT2D eigenvalue weighted by Gasteiger charge is -2.43. The van der Waals surface area contributed by atoms with E-state index in [0.29, 0.717) is 11.0 Å². The van der Waals surface area contributed by atoms with Crippen molar-refractivity contribution >= 4 is 22.4 Å². The predicted octanol–water partition coefficient (Wildman–Crippen LogP) is 3.58. The molecule has 0 aliphatic carbocycles. The number of nitrogens with one attached hydrogen (secondary N) is 1. The fraction of sp³-hybridized carbons (Fsp3) is 0.550. The summed E-state index contributed by atoms with van der Waals surface area (Å²) in [5.41, 5.74) is 2.33. The molecule has 2 aromatic rings. The fourth-order valence-corrected chi connectivity index (χ4v) is 4.73. The van der Waals surface area contributed by atoms with E-state index in [1.165, 1.54) is 16.9 Å². The maximum atomic E-state index is 12.7. The van der Waals surface area contributed by atoms with Crippen LogP contribution in [0.3, 0.4) is 0 Å². The van der Waals surface area contributed by atoms with Gasteiger partial charge in [-0.2, -0.15) is 0 Å². The number of amides is 1. The van der Waals surface area contributed by atoms with E-state index in [0.717, 1.165) is 48.8 Å². The first-order valence-corrected chi connectivity index (χ1v) is 10.4. The molecule has 3 fully saturated rings. The van der Waals surface area contributed by atoms with Crippen molar-refractivity contribution in [1.29, 1.82) is 0 Å². The Morgan fingerprint density at radius 1 is 1.30 bits per heavy atom. The lowest BCUT2D eigenvalue weighted by Crippen LogP contribution is -2.51. The standard InChI is InChI=1S/C20H26N4O2S/c1-12-5-4-6-17(13(12)2)26-14(3)19-22-23-20(27-19)21-18(25)16-11-24-9-7-15(16)8-10-24/h4-6,14-16H,7-11H2,1-3H3,(H,21,23,25)/t14-,16+/m0/s1. The number of rotatable bonds is 5. The van der Waals surface area contributed by atoms with Crippen LogP contribution >= 0.6 is 11.3 Å². The summed E-state index contributed by atoms with van der Waals surface area (Å²) in [5.74, 6) is 1.52. The van der Waals surface area contributed by atoms with Crippen LogP contribution in [-0.2, 0) is 4.79 Å². The summed E-state index contributed by atoms with van der Waals surface area (Å²) in [6.07, 6.45) is 2.03. The molecule has 0 unspecified atom stereocenters. The maximum Gasteiger partial charge on any atom is 0.230 e. The van der Waals surface area contributed by atoms with E-state index in [9.17, 15) is 4.79 Å². The van der Waals surface area contributed by atoms with Crippen LogP contribution in [0, 0.1) is 25.7 Å².